The van der Waals surface area contributed by atoms with E-state index in [2.05, 4.69) is 69.4 Å². The molecule has 1 atom stereocenters. The van der Waals surface area contributed by atoms with Gasteiger partial charge in [-0.3, -0.25) is 14.4 Å². The highest BCUT2D eigenvalue weighted by atomic mass is 16.6. The molecule has 0 aromatic rings. The molecule has 0 radical (unpaired) electrons. The number of rotatable bonds is 67. The van der Waals surface area contributed by atoms with Gasteiger partial charge in [0.25, 0.3) is 0 Å². The van der Waals surface area contributed by atoms with Crippen LogP contribution in [0.1, 0.15) is 393 Å². The van der Waals surface area contributed by atoms with Crippen LogP contribution in [-0.4, -0.2) is 37.2 Å². The second kappa shape index (κ2) is 69.9. The Bertz CT molecular complexity index is 1400. The molecule has 0 fully saturated rings. The van der Waals surface area contributed by atoms with E-state index in [0.29, 0.717) is 19.3 Å². The summed E-state index contributed by atoms with van der Waals surface area (Å²) < 4.78 is 17.0. The molecule has 0 bridgehead atoms. The summed E-state index contributed by atoms with van der Waals surface area (Å²) in [5.74, 6) is -0.846. The number of allylic oxidation sites excluding steroid dienone is 8. The first-order chi connectivity index (χ1) is 40.0. The lowest BCUT2D eigenvalue weighted by atomic mass is 10.0. The van der Waals surface area contributed by atoms with Crippen molar-refractivity contribution in [3.05, 3.63) is 48.6 Å². The van der Waals surface area contributed by atoms with Crippen LogP contribution >= 0.6 is 0 Å². The summed E-state index contributed by atoms with van der Waals surface area (Å²) in [6, 6.07) is 0. The maximum atomic E-state index is 12.9. The van der Waals surface area contributed by atoms with Gasteiger partial charge in [0.2, 0.25) is 0 Å². The van der Waals surface area contributed by atoms with Crippen LogP contribution in [0.2, 0.25) is 0 Å². The van der Waals surface area contributed by atoms with Crippen molar-refractivity contribution in [2.45, 2.75) is 399 Å². The van der Waals surface area contributed by atoms with E-state index in [1.165, 1.54) is 283 Å². The van der Waals surface area contributed by atoms with Gasteiger partial charge in [0.15, 0.2) is 6.10 Å². The minimum absolute atomic E-state index is 0.0696. The van der Waals surface area contributed by atoms with E-state index in [4.69, 9.17) is 14.2 Å². The molecule has 0 rings (SSSR count). The second-order valence-corrected chi connectivity index (χ2v) is 24.5. The van der Waals surface area contributed by atoms with E-state index >= 15 is 0 Å². The lowest BCUT2D eigenvalue weighted by Gasteiger charge is -2.18. The number of unbranched alkanes of at least 4 members (excludes halogenated alkanes) is 48. The first kappa shape index (κ1) is 78.4. The molecule has 0 heterocycles. The molecule has 0 N–H and O–H groups in total. The monoisotopic (exact) mass is 1140 g/mol. The molecule has 0 aromatic carbocycles. The molecule has 0 spiro atoms. The van der Waals surface area contributed by atoms with E-state index in [-0.39, 0.29) is 31.1 Å². The Balaban J connectivity index is 4.25. The molecule has 0 saturated heterocycles. The molecule has 0 amide bonds. The van der Waals surface area contributed by atoms with Crippen LogP contribution in [0.3, 0.4) is 0 Å². The number of esters is 3. The van der Waals surface area contributed by atoms with Gasteiger partial charge in [-0.25, -0.2) is 0 Å². The molecule has 474 valence electrons. The minimum Gasteiger partial charge on any atom is -0.462 e. The molecule has 0 aliphatic carbocycles. The Morgan fingerprint density at radius 2 is 0.444 bits per heavy atom. The van der Waals surface area contributed by atoms with Gasteiger partial charge in [-0.15, -0.1) is 0 Å². The fraction of sp³-hybridized carbons (Fsp3) is 0.853. The Kier molecular flexibility index (Phi) is 67.6. The van der Waals surface area contributed by atoms with Crippen LogP contribution in [-0.2, 0) is 28.6 Å². The maximum Gasteiger partial charge on any atom is 0.306 e. The lowest BCUT2D eigenvalue weighted by molar-refractivity contribution is -0.167. The molecule has 6 heteroatoms. The van der Waals surface area contributed by atoms with E-state index in [9.17, 15) is 14.4 Å². The van der Waals surface area contributed by atoms with Crippen molar-refractivity contribution in [3.63, 3.8) is 0 Å². The van der Waals surface area contributed by atoms with Crippen molar-refractivity contribution in [3.8, 4) is 0 Å². The number of hydrogen-bond donors (Lipinski definition) is 0. The SMILES string of the molecule is CCCCCCC/C=C\C/C=C\C/C=C\CCCCCCCCCCCCCCCCC(=O)OCC(COC(=O)CCCCCCCCCCCCCCCCCC)OC(=O)CCCCCCCCC/C=C\CCCCCCCCC. The first-order valence-electron chi connectivity index (χ1n) is 36.1. The van der Waals surface area contributed by atoms with E-state index < -0.39 is 6.10 Å². The van der Waals surface area contributed by atoms with Gasteiger partial charge in [0, 0.05) is 19.3 Å². The van der Waals surface area contributed by atoms with Gasteiger partial charge in [-0.1, -0.05) is 339 Å². The summed E-state index contributed by atoms with van der Waals surface area (Å²) in [6.07, 6.45) is 88.5. The first-order valence-corrected chi connectivity index (χ1v) is 36.1. The van der Waals surface area contributed by atoms with E-state index in [0.717, 1.165) is 70.6 Å². The summed E-state index contributed by atoms with van der Waals surface area (Å²) in [5.41, 5.74) is 0. The zero-order chi connectivity index (χ0) is 58.5. The van der Waals surface area contributed by atoms with Crippen molar-refractivity contribution in [2.24, 2.45) is 0 Å². The average Bonchev–Trinajstić information content (AvgIpc) is 3.47. The zero-order valence-electron chi connectivity index (χ0n) is 54.6. The molecule has 6 nitrogen and oxygen atoms in total. The molecular weight excluding hydrogens is 997 g/mol. The van der Waals surface area contributed by atoms with Crippen LogP contribution in [0.4, 0.5) is 0 Å². The third-order valence-corrected chi connectivity index (χ3v) is 16.3. The Labute approximate surface area is 505 Å². The van der Waals surface area contributed by atoms with Crippen LogP contribution in [0.25, 0.3) is 0 Å². The molecule has 81 heavy (non-hydrogen) atoms. The molecule has 0 aliphatic heterocycles. The van der Waals surface area contributed by atoms with Gasteiger partial charge >= 0.3 is 17.9 Å². The largest absolute Gasteiger partial charge is 0.462 e. The molecule has 0 aromatic heterocycles. The molecular formula is C75H138O6. The van der Waals surface area contributed by atoms with Gasteiger partial charge in [-0.2, -0.15) is 0 Å². The topological polar surface area (TPSA) is 78.9 Å². The van der Waals surface area contributed by atoms with E-state index in [1.807, 2.05) is 0 Å². The summed E-state index contributed by atoms with van der Waals surface area (Å²) >= 11 is 0. The van der Waals surface area contributed by atoms with Gasteiger partial charge < -0.3 is 14.2 Å². The minimum atomic E-state index is -0.774. The van der Waals surface area contributed by atoms with Gasteiger partial charge in [0.1, 0.15) is 13.2 Å². The smallest absolute Gasteiger partial charge is 0.306 e. The van der Waals surface area contributed by atoms with Crippen molar-refractivity contribution < 1.29 is 28.6 Å². The van der Waals surface area contributed by atoms with Gasteiger partial charge in [0.05, 0.1) is 0 Å². The summed E-state index contributed by atoms with van der Waals surface area (Å²) in [5, 5.41) is 0. The standard InChI is InChI=1S/C75H138O6/c1-4-7-10-13-16-19-22-25-28-31-33-34-35-36-37-38-39-40-41-42-43-45-47-50-53-56-59-62-65-68-74(77)80-71-72(70-79-73(76)67-64-61-58-55-52-49-46-30-27-24-21-18-15-12-9-6-3)81-75(78)69-66-63-60-57-54-51-48-44-32-29-26-23-20-17-14-11-8-5-2/h22,25,29,31-33,35-36,72H,4-21,23-24,26-28,30,34,37-71H2,1-3H3/b25-22-,32-29-,33-31-,36-35-. The summed E-state index contributed by atoms with van der Waals surface area (Å²) in [7, 11) is 0. The molecule has 0 aliphatic rings. The fourth-order valence-electron chi connectivity index (χ4n) is 10.9. The quantitative estimate of drug-likeness (QED) is 0.0261. The van der Waals surface area contributed by atoms with Crippen molar-refractivity contribution in [2.75, 3.05) is 13.2 Å². The number of carbonyl (C=O) groups is 3. The van der Waals surface area contributed by atoms with Crippen LogP contribution in [0, 0.1) is 0 Å². The van der Waals surface area contributed by atoms with E-state index in [1.54, 1.807) is 0 Å². The zero-order valence-corrected chi connectivity index (χ0v) is 54.6. The van der Waals surface area contributed by atoms with Crippen LogP contribution in [0.5, 0.6) is 0 Å². The highest BCUT2D eigenvalue weighted by molar-refractivity contribution is 5.71. The summed E-state index contributed by atoms with van der Waals surface area (Å²) in [6.45, 7) is 6.69. The predicted molar refractivity (Wildman–Crippen MR) is 353 cm³/mol. The van der Waals surface area contributed by atoms with Crippen LogP contribution < -0.4 is 0 Å². The lowest BCUT2D eigenvalue weighted by Crippen LogP contribution is -2.30. The van der Waals surface area contributed by atoms with Crippen molar-refractivity contribution in [1.29, 1.82) is 0 Å². The predicted octanol–water partition coefficient (Wildman–Crippen LogP) is 24.9. The third-order valence-electron chi connectivity index (χ3n) is 16.3. The molecule has 1 unspecified atom stereocenters. The third kappa shape index (κ3) is 68.0. The van der Waals surface area contributed by atoms with Crippen molar-refractivity contribution in [1.82, 2.24) is 0 Å². The fourth-order valence-corrected chi connectivity index (χ4v) is 10.9. The van der Waals surface area contributed by atoms with Gasteiger partial charge in [-0.05, 0) is 83.5 Å². The maximum absolute atomic E-state index is 12.9. The molecule has 0 saturated carbocycles. The second-order valence-electron chi connectivity index (χ2n) is 24.5. The highest BCUT2D eigenvalue weighted by Gasteiger charge is 2.19. The average molecular weight is 1140 g/mol. The number of ether oxygens (including phenoxy) is 3. The Morgan fingerprint density at radius 3 is 0.704 bits per heavy atom. The van der Waals surface area contributed by atoms with Crippen LogP contribution in [0.15, 0.2) is 48.6 Å². The Hall–Kier alpha value is -2.63. The number of carbonyl (C=O) groups excluding carboxylic acids is 3. The Morgan fingerprint density at radius 1 is 0.247 bits per heavy atom. The summed E-state index contributed by atoms with van der Waals surface area (Å²) in [4.78, 5) is 38.5. The number of hydrogen-bond acceptors (Lipinski definition) is 6. The highest BCUT2D eigenvalue weighted by Crippen LogP contribution is 2.18. The van der Waals surface area contributed by atoms with Crippen molar-refractivity contribution >= 4 is 17.9 Å². The normalized spacial score (nSPS) is 12.3.